The normalized spacial score (nSPS) is 11.2. The third-order valence-electron chi connectivity index (χ3n) is 2.55. The zero-order valence-corrected chi connectivity index (χ0v) is 10.3. The minimum absolute atomic E-state index is 0.0807. The van der Waals surface area contributed by atoms with Crippen LogP contribution in [0.5, 0.6) is 5.75 Å². The van der Waals surface area contributed by atoms with Crippen LogP contribution in [0.2, 0.25) is 0 Å². The number of hydrazine groups is 1. The first-order chi connectivity index (χ1) is 9.50. The maximum absolute atomic E-state index is 12.8. The van der Waals surface area contributed by atoms with E-state index in [1.165, 1.54) is 24.4 Å². The van der Waals surface area contributed by atoms with Gasteiger partial charge in [-0.05, 0) is 24.3 Å². The molecule has 106 valence electrons. The van der Waals surface area contributed by atoms with Crippen molar-refractivity contribution < 1.29 is 17.9 Å². The topological polar surface area (TPSA) is 60.2 Å². The summed E-state index contributed by atoms with van der Waals surface area (Å²) in [6.45, 7) is -0.0807. The van der Waals surface area contributed by atoms with Gasteiger partial charge in [0.2, 0.25) is 0 Å². The molecule has 0 amide bonds. The molecule has 0 aliphatic carbocycles. The molecule has 0 spiro atoms. The average Bonchev–Trinajstić information content (AvgIpc) is 2.44. The second-order valence-electron chi connectivity index (χ2n) is 3.96. The molecule has 0 aliphatic rings. The van der Waals surface area contributed by atoms with Gasteiger partial charge in [0.15, 0.2) is 0 Å². The van der Waals surface area contributed by atoms with Crippen LogP contribution in [-0.2, 0) is 12.8 Å². The fraction of sp³-hybridized carbons (Fsp3) is 0.154. The molecule has 0 radical (unpaired) electrons. The van der Waals surface area contributed by atoms with E-state index in [1.807, 2.05) is 0 Å². The highest BCUT2D eigenvalue weighted by atomic mass is 19.4. The lowest BCUT2D eigenvalue weighted by atomic mass is 10.2. The minimum Gasteiger partial charge on any atom is -0.487 e. The first-order valence-corrected chi connectivity index (χ1v) is 5.71. The lowest BCUT2D eigenvalue weighted by Crippen LogP contribution is -2.10. The van der Waals surface area contributed by atoms with E-state index in [0.717, 1.165) is 6.07 Å². The van der Waals surface area contributed by atoms with Gasteiger partial charge in [0.05, 0.1) is 16.9 Å². The van der Waals surface area contributed by atoms with E-state index in [2.05, 4.69) is 10.4 Å². The van der Waals surface area contributed by atoms with Crippen LogP contribution in [0.4, 0.5) is 18.9 Å². The number of anilines is 1. The van der Waals surface area contributed by atoms with Crippen LogP contribution in [0.1, 0.15) is 11.3 Å². The van der Waals surface area contributed by atoms with Crippen molar-refractivity contribution in [2.24, 2.45) is 5.84 Å². The Morgan fingerprint density at radius 1 is 1.20 bits per heavy atom. The summed E-state index contributed by atoms with van der Waals surface area (Å²) in [6, 6.07) is 8.26. The zero-order chi connectivity index (χ0) is 14.6. The van der Waals surface area contributed by atoms with Crippen LogP contribution < -0.4 is 16.0 Å². The standard InChI is InChI=1S/C13H12F3N3O/c14-13(15,16)11-3-1-2-4-12(11)20-8-10-7-9(19-17)5-6-18-10/h1-7H,8,17H2,(H,18,19). The molecule has 0 fully saturated rings. The van der Waals surface area contributed by atoms with Crippen molar-refractivity contribution in [1.82, 2.24) is 4.98 Å². The second-order valence-corrected chi connectivity index (χ2v) is 3.96. The summed E-state index contributed by atoms with van der Waals surface area (Å²) in [6.07, 6.45) is -2.96. The van der Waals surface area contributed by atoms with E-state index in [-0.39, 0.29) is 12.4 Å². The number of halogens is 3. The fourth-order valence-corrected chi connectivity index (χ4v) is 1.63. The first kappa shape index (κ1) is 14.1. The van der Waals surface area contributed by atoms with Crippen molar-refractivity contribution in [3.8, 4) is 5.75 Å². The van der Waals surface area contributed by atoms with Crippen LogP contribution in [0.3, 0.4) is 0 Å². The number of hydrogen-bond donors (Lipinski definition) is 2. The molecule has 1 heterocycles. The highest BCUT2D eigenvalue weighted by Crippen LogP contribution is 2.36. The summed E-state index contributed by atoms with van der Waals surface area (Å²) >= 11 is 0. The van der Waals surface area contributed by atoms with Crippen molar-refractivity contribution in [3.63, 3.8) is 0 Å². The summed E-state index contributed by atoms with van der Waals surface area (Å²) in [5.41, 5.74) is 2.68. The molecule has 0 unspecified atom stereocenters. The van der Waals surface area contributed by atoms with E-state index >= 15 is 0 Å². The van der Waals surface area contributed by atoms with Crippen LogP contribution in [-0.4, -0.2) is 4.98 Å². The summed E-state index contributed by atoms with van der Waals surface area (Å²) in [5.74, 6) is 5.01. The van der Waals surface area contributed by atoms with Crippen molar-refractivity contribution >= 4 is 5.69 Å². The Bertz CT molecular complexity index is 587. The summed E-state index contributed by atoms with van der Waals surface area (Å²) < 4.78 is 43.5. The molecule has 1 aromatic carbocycles. The maximum Gasteiger partial charge on any atom is 0.419 e. The number of hydrogen-bond acceptors (Lipinski definition) is 4. The SMILES string of the molecule is NNc1ccnc(COc2ccccc2C(F)(F)F)c1. The number of rotatable bonds is 4. The maximum atomic E-state index is 12.8. The molecular formula is C13H12F3N3O. The minimum atomic E-state index is -4.45. The van der Waals surface area contributed by atoms with Gasteiger partial charge in [-0.25, -0.2) is 0 Å². The molecule has 2 aromatic rings. The summed E-state index contributed by atoms with van der Waals surface area (Å²) in [4.78, 5) is 3.99. The second kappa shape index (κ2) is 5.79. The molecule has 0 aliphatic heterocycles. The van der Waals surface area contributed by atoms with Gasteiger partial charge in [-0.15, -0.1) is 0 Å². The number of nitrogens with two attached hydrogens (primary N) is 1. The Morgan fingerprint density at radius 2 is 1.95 bits per heavy atom. The summed E-state index contributed by atoms with van der Waals surface area (Å²) in [5, 5.41) is 0. The monoisotopic (exact) mass is 283 g/mol. The van der Waals surface area contributed by atoms with Gasteiger partial charge in [-0.2, -0.15) is 13.2 Å². The molecular weight excluding hydrogens is 271 g/mol. The lowest BCUT2D eigenvalue weighted by molar-refractivity contribution is -0.139. The Labute approximate surface area is 113 Å². The molecule has 20 heavy (non-hydrogen) atoms. The first-order valence-electron chi connectivity index (χ1n) is 5.71. The largest absolute Gasteiger partial charge is 0.487 e. The number of para-hydroxylation sites is 1. The van der Waals surface area contributed by atoms with Crippen molar-refractivity contribution in [3.05, 3.63) is 53.9 Å². The van der Waals surface area contributed by atoms with Crippen LogP contribution in [0.15, 0.2) is 42.6 Å². The van der Waals surface area contributed by atoms with Gasteiger partial charge < -0.3 is 10.2 Å². The molecule has 2 rings (SSSR count). The van der Waals surface area contributed by atoms with Crippen molar-refractivity contribution in [2.75, 3.05) is 5.43 Å². The smallest absolute Gasteiger partial charge is 0.419 e. The molecule has 3 N–H and O–H groups in total. The molecule has 7 heteroatoms. The van der Waals surface area contributed by atoms with Crippen LogP contribution >= 0.6 is 0 Å². The molecule has 1 aromatic heterocycles. The highest BCUT2D eigenvalue weighted by molar-refractivity contribution is 5.42. The Morgan fingerprint density at radius 3 is 2.65 bits per heavy atom. The van der Waals surface area contributed by atoms with Gasteiger partial charge in [0.25, 0.3) is 0 Å². The molecule has 0 saturated carbocycles. The van der Waals surface area contributed by atoms with Gasteiger partial charge in [-0.1, -0.05) is 12.1 Å². The van der Waals surface area contributed by atoms with E-state index in [4.69, 9.17) is 10.6 Å². The highest BCUT2D eigenvalue weighted by Gasteiger charge is 2.33. The molecule has 0 atom stereocenters. The lowest BCUT2D eigenvalue weighted by Gasteiger charge is -2.13. The van der Waals surface area contributed by atoms with Crippen molar-refractivity contribution in [2.45, 2.75) is 12.8 Å². The van der Waals surface area contributed by atoms with E-state index in [0.29, 0.717) is 11.4 Å². The average molecular weight is 283 g/mol. The zero-order valence-electron chi connectivity index (χ0n) is 10.3. The number of ether oxygens (including phenoxy) is 1. The molecule has 4 nitrogen and oxygen atoms in total. The molecule has 0 bridgehead atoms. The fourth-order valence-electron chi connectivity index (χ4n) is 1.63. The number of nitrogen functional groups attached to an aromatic ring is 1. The molecule has 0 saturated heterocycles. The van der Waals surface area contributed by atoms with Gasteiger partial charge in [0, 0.05) is 6.20 Å². The Balaban J connectivity index is 2.15. The van der Waals surface area contributed by atoms with Gasteiger partial charge in [0.1, 0.15) is 12.4 Å². The van der Waals surface area contributed by atoms with Crippen molar-refractivity contribution in [1.29, 1.82) is 0 Å². The van der Waals surface area contributed by atoms with Crippen LogP contribution in [0, 0.1) is 0 Å². The number of alkyl halides is 3. The Hall–Kier alpha value is -2.28. The third-order valence-corrected chi connectivity index (χ3v) is 2.55. The number of pyridine rings is 1. The van der Waals surface area contributed by atoms with E-state index in [9.17, 15) is 13.2 Å². The summed E-state index contributed by atoms with van der Waals surface area (Å²) in [7, 11) is 0. The third kappa shape index (κ3) is 3.39. The predicted octanol–water partition coefficient (Wildman–Crippen LogP) is 2.97. The number of nitrogens with zero attached hydrogens (tertiary/aromatic N) is 1. The van der Waals surface area contributed by atoms with Crippen LogP contribution in [0.25, 0.3) is 0 Å². The number of nitrogens with one attached hydrogen (secondary N) is 1. The van der Waals surface area contributed by atoms with Gasteiger partial charge >= 0.3 is 6.18 Å². The predicted molar refractivity (Wildman–Crippen MR) is 67.8 cm³/mol. The number of benzene rings is 1. The number of aromatic nitrogens is 1. The Kier molecular flexibility index (Phi) is 4.09. The van der Waals surface area contributed by atoms with E-state index < -0.39 is 11.7 Å². The quantitative estimate of drug-likeness (QED) is 0.669. The van der Waals surface area contributed by atoms with E-state index in [1.54, 1.807) is 12.1 Å². The van der Waals surface area contributed by atoms with Gasteiger partial charge in [-0.3, -0.25) is 10.8 Å².